The van der Waals surface area contributed by atoms with Gasteiger partial charge in [-0.2, -0.15) is 0 Å². The number of rotatable bonds is 7. The van der Waals surface area contributed by atoms with Gasteiger partial charge in [-0.05, 0) is 45.1 Å². The molecule has 0 heterocycles. The van der Waals surface area contributed by atoms with Gasteiger partial charge in [0.2, 0.25) is 15.9 Å². The fraction of sp³-hybridized carbons (Fsp3) is 0.533. The van der Waals surface area contributed by atoms with Gasteiger partial charge in [-0.25, -0.2) is 8.42 Å². The van der Waals surface area contributed by atoms with Crippen molar-refractivity contribution in [2.75, 3.05) is 44.3 Å². The standard InChI is InChI=1S/C15H25N3O3S/c1-12-7-6-8-14(13(12)2)18(22(5,20)21)11-15(19)16-9-10-17(3)4/h6-8H,9-11H2,1-5H3,(H,16,19). The number of carbonyl (C=O) groups is 1. The van der Waals surface area contributed by atoms with E-state index in [4.69, 9.17) is 0 Å². The fourth-order valence-corrected chi connectivity index (χ4v) is 2.90. The first-order valence-electron chi connectivity index (χ1n) is 7.08. The summed E-state index contributed by atoms with van der Waals surface area (Å²) in [5.41, 5.74) is 2.39. The van der Waals surface area contributed by atoms with E-state index in [9.17, 15) is 13.2 Å². The van der Waals surface area contributed by atoms with E-state index in [0.29, 0.717) is 18.8 Å². The van der Waals surface area contributed by atoms with Crippen LogP contribution in [0.4, 0.5) is 5.69 Å². The Morgan fingerprint density at radius 3 is 2.41 bits per heavy atom. The topological polar surface area (TPSA) is 69.7 Å². The number of benzene rings is 1. The van der Waals surface area contributed by atoms with Crippen molar-refractivity contribution < 1.29 is 13.2 Å². The quantitative estimate of drug-likeness (QED) is 0.802. The number of nitrogens with zero attached hydrogens (tertiary/aromatic N) is 2. The second-order valence-electron chi connectivity index (χ2n) is 5.64. The maximum Gasteiger partial charge on any atom is 0.240 e. The van der Waals surface area contributed by atoms with E-state index in [1.807, 2.05) is 38.9 Å². The number of hydrogen-bond acceptors (Lipinski definition) is 4. The van der Waals surface area contributed by atoms with Crippen molar-refractivity contribution in [1.82, 2.24) is 10.2 Å². The average molecular weight is 327 g/mol. The Bertz CT molecular complexity index is 627. The lowest BCUT2D eigenvalue weighted by molar-refractivity contribution is -0.119. The number of carbonyl (C=O) groups excluding carboxylic acids is 1. The van der Waals surface area contributed by atoms with Gasteiger partial charge < -0.3 is 10.2 Å². The van der Waals surface area contributed by atoms with Gasteiger partial charge in [-0.1, -0.05) is 12.1 Å². The highest BCUT2D eigenvalue weighted by atomic mass is 32.2. The third-order valence-electron chi connectivity index (χ3n) is 3.41. The van der Waals surface area contributed by atoms with Crippen LogP contribution in [0.1, 0.15) is 11.1 Å². The van der Waals surface area contributed by atoms with Crippen LogP contribution in [0.5, 0.6) is 0 Å². The highest BCUT2D eigenvalue weighted by Gasteiger charge is 2.22. The van der Waals surface area contributed by atoms with Crippen molar-refractivity contribution >= 4 is 21.6 Å². The number of sulfonamides is 1. The van der Waals surface area contributed by atoms with Crippen molar-refractivity contribution in [2.24, 2.45) is 0 Å². The average Bonchev–Trinajstić information content (AvgIpc) is 2.38. The van der Waals surface area contributed by atoms with E-state index in [1.54, 1.807) is 12.1 Å². The molecule has 1 aromatic carbocycles. The molecule has 0 unspecified atom stereocenters. The van der Waals surface area contributed by atoms with Gasteiger partial charge in [0.05, 0.1) is 11.9 Å². The molecule has 0 bridgehead atoms. The molecule has 0 fully saturated rings. The largest absolute Gasteiger partial charge is 0.353 e. The molecule has 0 aliphatic rings. The van der Waals surface area contributed by atoms with Crippen LogP contribution in [0, 0.1) is 13.8 Å². The number of anilines is 1. The lowest BCUT2D eigenvalue weighted by atomic mass is 10.1. The second kappa shape index (κ2) is 7.60. The molecule has 6 nitrogen and oxygen atoms in total. The van der Waals surface area contributed by atoms with E-state index in [0.717, 1.165) is 21.7 Å². The van der Waals surface area contributed by atoms with Crippen molar-refractivity contribution in [2.45, 2.75) is 13.8 Å². The van der Waals surface area contributed by atoms with Crippen LogP contribution in [0.2, 0.25) is 0 Å². The van der Waals surface area contributed by atoms with Crippen LogP contribution < -0.4 is 9.62 Å². The van der Waals surface area contributed by atoms with E-state index in [2.05, 4.69) is 5.32 Å². The van der Waals surface area contributed by atoms with Gasteiger partial charge in [0.15, 0.2) is 0 Å². The molecule has 0 aromatic heterocycles. The second-order valence-corrected chi connectivity index (χ2v) is 7.55. The maximum absolute atomic E-state index is 12.1. The van der Waals surface area contributed by atoms with Crippen molar-refractivity contribution in [1.29, 1.82) is 0 Å². The summed E-state index contributed by atoms with van der Waals surface area (Å²) in [5, 5.41) is 2.73. The summed E-state index contributed by atoms with van der Waals surface area (Å²) >= 11 is 0. The minimum atomic E-state index is -3.53. The number of amides is 1. The molecule has 1 rings (SSSR count). The molecular weight excluding hydrogens is 302 g/mol. The summed E-state index contributed by atoms with van der Waals surface area (Å²) in [7, 11) is 0.284. The fourth-order valence-electron chi connectivity index (χ4n) is 1.99. The molecule has 0 atom stereocenters. The Labute approximate surface area is 133 Å². The van der Waals surface area contributed by atoms with E-state index < -0.39 is 10.0 Å². The Morgan fingerprint density at radius 2 is 1.86 bits per heavy atom. The molecule has 1 amide bonds. The van der Waals surface area contributed by atoms with Crippen molar-refractivity contribution in [3.63, 3.8) is 0 Å². The lowest BCUT2D eigenvalue weighted by Gasteiger charge is -2.24. The number of hydrogen-bond donors (Lipinski definition) is 1. The van der Waals surface area contributed by atoms with E-state index in [1.165, 1.54) is 0 Å². The molecular formula is C15H25N3O3S. The van der Waals surface area contributed by atoms with Crippen LogP contribution in [-0.4, -0.2) is 59.2 Å². The Balaban J connectivity index is 2.92. The van der Waals surface area contributed by atoms with Crippen molar-refractivity contribution in [3.05, 3.63) is 29.3 Å². The third kappa shape index (κ3) is 5.31. The Morgan fingerprint density at radius 1 is 1.23 bits per heavy atom. The monoisotopic (exact) mass is 327 g/mol. The zero-order chi connectivity index (χ0) is 16.9. The summed E-state index contributed by atoms with van der Waals surface area (Å²) < 4.78 is 25.3. The van der Waals surface area contributed by atoms with Crippen LogP contribution in [0.25, 0.3) is 0 Å². The van der Waals surface area contributed by atoms with Crippen LogP contribution in [0.15, 0.2) is 18.2 Å². The third-order valence-corrected chi connectivity index (χ3v) is 4.54. The zero-order valence-electron chi connectivity index (χ0n) is 13.9. The molecule has 0 aliphatic carbocycles. The summed E-state index contributed by atoms with van der Waals surface area (Å²) in [5.74, 6) is -0.312. The van der Waals surface area contributed by atoms with Crippen molar-refractivity contribution in [3.8, 4) is 0 Å². The Hall–Kier alpha value is -1.60. The minimum Gasteiger partial charge on any atom is -0.353 e. The first kappa shape index (κ1) is 18.4. The van der Waals surface area contributed by atoms with Gasteiger partial charge in [-0.15, -0.1) is 0 Å². The molecule has 0 saturated carbocycles. The molecule has 22 heavy (non-hydrogen) atoms. The molecule has 124 valence electrons. The van der Waals surface area contributed by atoms with Gasteiger partial charge in [0.25, 0.3) is 0 Å². The number of aryl methyl sites for hydroxylation is 1. The highest BCUT2D eigenvalue weighted by Crippen LogP contribution is 2.24. The smallest absolute Gasteiger partial charge is 0.240 e. The summed E-state index contributed by atoms with van der Waals surface area (Å²) in [6, 6.07) is 5.42. The minimum absolute atomic E-state index is 0.212. The zero-order valence-corrected chi connectivity index (χ0v) is 14.7. The molecule has 1 aromatic rings. The van der Waals surface area contributed by atoms with Gasteiger partial charge in [-0.3, -0.25) is 9.10 Å². The molecule has 0 radical (unpaired) electrons. The first-order valence-corrected chi connectivity index (χ1v) is 8.93. The van der Waals surface area contributed by atoms with Gasteiger partial charge in [0.1, 0.15) is 6.54 Å². The molecule has 0 spiro atoms. The summed E-state index contributed by atoms with van der Waals surface area (Å²) in [4.78, 5) is 14.0. The maximum atomic E-state index is 12.1. The van der Waals surface area contributed by atoms with Crippen LogP contribution in [-0.2, 0) is 14.8 Å². The summed E-state index contributed by atoms with van der Waals surface area (Å²) in [6.07, 6.45) is 1.11. The normalized spacial score (nSPS) is 11.5. The SMILES string of the molecule is Cc1cccc(N(CC(=O)NCCN(C)C)S(C)(=O)=O)c1C. The number of likely N-dealkylation sites (N-methyl/N-ethyl adjacent to an activating group) is 1. The first-order chi connectivity index (χ1) is 10.1. The van der Waals surface area contributed by atoms with Crippen LogP contribution in [0.3, 0.4) is 0 Å². The molecule has 0 aliphatic heterocycles. The van der Waals surface area contributed by atoms with E-state index in [-0.39, 0.29) is 12.5 Å². The van der Waals surface area contributed by atoms with Gasteiger partial charge >= 0.3 is 0 Å². The molecule has 1 N–H and O–H groups in total. The predicted octanol–water partition coefficient (Wildman–Crippen LogP) is 0.747. The highest BCUT2D eigenvalue weighted by molar-refractivity contribution is 7.92. The predicted molar refractivity (Wildman–Crippen MR) is 89.7 cm³/mol. The van der Waals surface area contributed by atoms with E-state index >= 15 is 0 Å². The van der Waals surface area contributed by atoms with Gasteiger partial charge in [0, 0.05) is 13.1 Å². The molecule has 0 saturated heterocycles. The summed E-state index contributed by atoms with van der Waals surface area (Å²) in [6.45, 7) is 4.74. The van der Waals surface area contributed by atoms with Crippen LogP contribution >= 0.6 is 0 Å². The number of nitrogens with one attached hydrogen (secondary N) is 1. The Kier molecular flexibility index (Phi) is 6.37. The lowest BCUT2D eigenvalue weighted by Crippen LogP contribution is -2.42. The molecule has 7 heteroatoms.